The van der Waals surface area contributed by atoms with E-state index in [-0.39, 0.29) is 12.1 Å². The Kier molecular flexibility index (Phi) is 5.99. The van der Waals surface area contributed by atoms with Crippen molar-refractivity contribution in [3.8, 4) is 0 Å². The molecule has 2 amide bonds. The predicted octanol–water partition coefficient (Wildman–Crippen LogP) is 2.45. The molecule has 0 aliphatic carbocycles. The monoisotopic (exact) mass is 311 g/mol. The fourth-order valence-electron chi connectivity index (χ4n) is 2.28. The van der Waals surface area contributed by atoms with Gasteiger partial charge in [-0.2, -0.15) is 0 Å². The molecule has 1 aliphatic rings. The van der Waals surface area contributed by atoms with Crippen LogP contribution in [0.2, 0.25) is 0 Å². The van der Waals surface area contributed by atoms with Gasteiger partial charge >= 0.3 is 6.03 Å². The molecule has 0 aromatic carbocycles. The molecule has 0 bridgehead atoms. The van der Waals surface area contributed by atoms with Gasteiger partial charge in [0.25, 0.3) is 0 Å². The third-order valence-corrected chi connectivity index (χ3v) is 4.35. The van der Waals surface area contributed by atoms with Crippen LogP contribution in [0.4, 0.5) is 4.79 Å². The predicted molar refractivity (Wildman–Crippen MR) is 84.7 cm³/mol. The fourth-order valence-corrected chi connectivity index (χ4v) is 3.07. The normalized spacial score (nSPS) is 18.5. The van der Waals surface area contributed by atoms with E-state index < -0.39 is 0 Å². The van der Waals surface area contributed by atoms with Gasteiger partial charge in [0.2, 0.25) is 0 Å². The van der Waals surface area contributed by atoms with E-state index in [1.807, 2.05) is 18.0 Å². The molecule has 5 nitrogen and oxygen atoms in total. The zero-order chi connectivity index (χ0) is 15.2. The molecule has 6 heteroatoms. The van der Waals surface area contributed by atoms with Gasteiger partial charge in [0.05, 0.1) is 11.1 Å². The average molecular weight is 311 g/mol. The summed E-state index contributed by atoms with van der Waals surface area (Å²) in [7, 11) is 0. The molecule has 1 aromatic rings. The summed E-state index contributed by atoms with van der Waals surface area (Å²) in [4.78, 5) is 19.4. The number of hydrogen-bond acceptors (Lipinski definition) is 4. The molecule has 1 N–H and O–H groups in total. The molecule has 1 aliphatic heterocycles. The minimum absolute atomic E-state index is 0.0129. The molecule has 1 atom stereocenters. The molecular formula is C15H25N3O2S. The highest BCUT2D eigenvalue weighted by Crippen LogP contribution is 2.14. The number of carbonyl (C=O) groups excluding carboxylic acids is 1. The first-order valence-electron chi connectivity index (χ1n) is 7.60. The first-order valence-corrected chi connectivity index (χ1v) is 8.42. The fraction of sp³-hybridized carbons (Fsp3) is 0.733. The molecule has 1 fully saturated rings. The number of urea groups is 1. The maximum atomic E-state index is 12.1. The molecule has 2 heterocycles. The highest BCUT2D eigenvalue weighted by Gasteiger charge is 2.26. The standard InChI is InChI=1S/C15H25N3O2S/c1-11(2)10-20-13-5-7-18(9-13)15(19)16-6-4-14-17-8-12(3)21-14/h8,11,13H,4-7,9-10H2,1-3H3,(H,16,19). The van der Waals surface area contributed by atoms with E-state index in [1.165, 1.54) is 4.88 Å². The lowest BCUT2D eigenvalue weighted by atomic mass is 10.2. The van der Waals surface area contributed by atoms with Crippen LogP contribution in [0.5, 0.6) is 0 Å². The van der Waals surface area contributed by atoms with Crippen LogP contribution in [0, 0.1) is 12.8 Å². The van der Waals surface area contributed by atoms with Gasteiger partial charge in [-0.25, -0.2) is 9.78 Å². The van der Waals surface area contributed by atoms with Crippen LogP contribution in [0.1, 0.15) is 30.2 Å². The topological polar surface area (TPSA) is 54.5 Å². The lowest BCUT2D eigenvalue weighted by molar-refractivity contribution is 0.0436. The minimum Gasteiger partial charge on any atom is -0.376 e. The van der Waals surface area contributed by atoms with Gasteiger partial charge in [0, 0.05) is 43.7 Å². The summed E-state index contributed by atoms with van der Waals surface area (Å²) in [6.07, 6.45) is 3.80. The van der Waals surface area contributed by atoms with Crippen molar-refractivity contribution < 1.29 is 9.53 Å². The third kappa shape index (κ3) is 5.28. The van der Waals surface area contributed by atoms with E-state index in [0.717, 1.165) is 31.0 Å². The number of amides is 2. The number of hydrogen-bond donors (Lipinski definition) is 1. The van der Waals surface area contributed by atoms with E-state index in [1.54, 1.807) is 11.3 Å². The van der Waals surface area contributed by atoms with Gasteiger partial charge in [-0.15, -0.1) is 11.3 Å². The summed E-state index contributed by atoms with van der Waals surface area (Å²) >= 11 is 1.69. The lowest BCUT2D eigenvalue weighted by Crippen LogP contribution is -2.40. The van der Waals surface area contributed by atoms with Gasteiger partial charge in [-0.05, 0) is 19.3 Å². The highest BCUT2D eigenvalue weighted by atomic mass is 32.1. The number of aromatic nitrogens is 1. The number of aryl methyl sites for hydroxylation is 1. The number of carbonyl (C=O) groups is 1. The number of rotatable bonds is 6. The van der Waals surface area contributed by atoms with Crippen LogP contribution < -0.4 is 5.32 Å². The Morgan fingerprint density at radius 2 is 2.43 bits per heavy atom. The van der Waals surface area contributed by atoms with Crippen molar-refractivity contribution in [3.63, 3.8) is 0 Å². The van der Waals surface area contributed by atoms with Crippen LogP contribution >= 0.6 is 11.3 Å². The van der Waals surface area contributed by atoms with Crippen LogP contribution in [-0.2, 0) is 11.2 Å². The zero-order valence-corrected chi connectivity index (χ0v) is 13.9. The van der Waals surface area contributed by atoms with Crippen LogP contribution in [0.25, 0.3) is 0 Å². The first kappa shape index (κ1) is 16.2. The van der Waals surface area contributed by atoms with Gasteiger partial charge < -0.3 is 15.0 Å². The van der Waals surface area contributed by atoms with Crippen molar-refractivity contribution >= 4 is 17.4 Å². The molecule has 1 aromatic heterocycles. The number of ether oxygens (including phenoxy) is 1. The Balaban J connectivity index is 1.65. The SMILES string of the molecule is Cc1cnc(CCNC(=O)N2CCC(OCC(C)C)C2)s1. The Morgan fingerprint density at radius 1 is 1.62 bits per heavy atom. The number of likely N-dealkylation sites (tertiary alicyclic amines) is 1. The number of thiazole rings is 1. The second-order valence-corrected chi connectivity index (χ2v) is 7.25. The van der Waals surface area contributed by atoms with Crippen molar-refractivity contribution in [2.24, 2.45) is 5.92 Å². The van der Waals surface area contributed by atoms with E-state index in [9.17, 15) is 4.79 Å². The molecule has 1 unspecified atom stereocenters. The van der Waals surface area contributed by atoms with E-state index in [0.29, 0.717) is 19.0 Å². The minimum atomic E-state index is 0.0129. The molecule has 2 rings (SSSR count). The number of nitrogens with one attached hydrogen (secondary N) is 1. The van der Waals surface area contributed by atoms with Gasteiger partial charge in [0.1, 0.15) is 0 Å². The van der Waals surface area contributed by atoms with Gasteiger partial charge in [-0.1, -0.05) is 13.8 Å². The summed E-state index contributed by atoms with van der Waals surface area (Å²) in [5, 5.41) is 4.04. The maximum absolute atomic E-state index is 12.1. The first-order chi connectivity index (χ1) is 10.0. The molecule has 0 saturated carbocycles. The molecule has 21 heavy (non-hydrogen) atoms. The molecule has 118 valence electrons. The second-order valence-electron chi connectivity index (χ2n) is 5.93. The smallest absolute Gasteiger partial charge is 0.317 e. The third-order valence-electron chi connectivity index (χ3n) is 3.38. The summed E-state index contributed by atoms with van der Waals surface area (Å²) in [6.45, 7) is 9.21. The Bertz CT molecular complexity index is 462. The van der Waals surface area contributed by atoms with Crippen molar-refractivity contribution in [2.75, 3.05) is 26.2 Å². The van der Waals surface area contributed by atoms with E-state index >= 15 is 0 Å². The average Bonchev–Trinajstić information content (AvgIpc) is 3.05. The van der Waals surface area contributed by atoms with Gasteiger partial charge in [-0.3, -0.25) is 0 Å². The summed E-state index contributed by atoms with van der Waals surface area (Å²) in [5.41, 5.74) is 0. The van der Waals surface area contributed by atoms with Crippen molar-refractivity contribution in [3.05, 3.63) is 16.1 Å². The lowest BCUT2D eigenvalue weighted by Gasteiger charge is -2.18. The summed E-state index contributed by atoms with van der Waals surface area (Å²) in [6, 6.07) is 0.0129. The van der Waals surface area contributed by atoms with Crippen LogP contribution in [-0.4, -0.2) is 48.3 Å². The Labute approximate surface area is 130 Å². The van der Waals surface area contributed by atoms with Crippen molar-refractivity contribution in [1.82, 2.24) is 15.2 Å². The Hall–Kier alpha value is -1.14. The summed E-state index contributed by atoms with van der Waals surface area (Å²) < 4.78 is 5.79. The largest absolute Gasteiger partial charge is 0.376 e. The highest BCUT2D eigenvalue weighted by molar-refractivity contribution is 7.11. The Morgan fingerprint density at radius 3 is 3.10 bits per heavy atom. The zero-order valence-electron chi connectivity index (χ0n) is 13.1. The molecular weight excluding hydrogens is 286 g/mol. The summed E-state index contributed by atoms with van der Waals surface area (Å²) in [5.74, 6) is 0.537. The molecule has 1 saturated heterocycles. The number of nitrogens with zero attached hydrogens (tertiary/aromatic N) is 2. The quantitative estimate of drug-likeness (QED) is 0.878. The van der Waals surface area contributed by atoms with Crippen molar-refractivity contribution in [2.45, 2.75) is 39.7 Å². The maximum Gasteiger partial charge on any atom is 0.317 e. The van der Waals surface area contributed by atoms with E-state index in [4.69, 9.17) is 4.74 Å². The van der Waals surface area contributed by atoms with E-state index in [2.05, 4.69) is 24.1 Å². The van der Waals surface area contributed by atoms with Crippen molar-refractivity contribution in [1.29, 1.82) is 0 Å². The molecule has 0 spiro atoms. The van der Waals surface area contributed by atoms with Crippen LogP contribution in [0.15, 0.2) is 6.20 Å². The molecule has 0 radical (unpaired) electrons. The van der Waals surface area contributed by atoms with Crippen LogP contribution in [0.3, 0.4) is 0 Å². The van der Waals surface area contributed by atoms with Gasteiger partial charge in [0.15, 0.2) is 0 Å². The second kappa shape index (κ2) is 7.75.